The third kappa shape index (κ3) is 18.7. The first kappa shape index (κ1) is 11.2. The summed E-state index contributed by atoms with van der Waals surface area (Å²) in [7, 11) is -3.85. The van der Waals surface area contributed by atoms with Crippen molar-refractivity contribution < 1.29 is 13.0 Å². The van der Waals surface area contributed by atoms with Crippen molar-refractivity contribution in [1.82, 2.24) is 0 Å². The molecule has 0 aromatic carbocycles. The van der Waals surface area contributed by atoms with Crippen LogP contribution in [0.1, 0.15) is 6.92 Å². The third-order valence-electron chi connectivity index (χ3n) is 0.308. The first-order chi connectivity index (χ1) is 4.06. The Morgan fingerprint density at radius 3 is 1.78 bits per heavy atom. The van der Waals surface area contributed by atoms with Crippen molar-refractivity contribution in [2.24, 2.45) is 0 Å². The Morgan fingerprint density at radius 1 is 1.44 bits per heavy atom. The molecule has 9 heavy (non-hydrogen) atoms. The summed E-state index contributed by atoms with van der Waals surface area (Å²) in [6, 6.07) is 0. The van der Waals surface area contributed by atoms with E-state index in [1.807, 2.05) is 0 Å². The molecule has 0 aromatic heterocycles. The molecule has 54 valence electrons. The normalized spacial score (nSPS) is 10.4. The van der Waals surface area contributed by atoms with Crippen LogP contribution < -0.4 is 0 Å². The summed E-state index contributed by atoms with van der Waals surface area (Å²) in [6.45, 7) is 7.51. The van der Waals surface area contributed by atoms with E-state index in [2.05, 4.69) is 13.2 Å². The highest BCUT2D eigenvalue weighted by Crippen LogP contribution is 1.80. The quantitative estimate of drug-likeness (QED) is 0.451. The molecule has 0 rings (SSSR count). The maximum atomic E-state index is 9.70. The van der Waals surface area contributed by atoms with Crippen molar-refractivity contribution in [3.8, 4) is 0 Å². The lowest BCUT2D eigenvalue weighted by atomic mass is 10.8. The van der Waals surface area contributed by atoms with Gasteiger partial charge >= 0.3 is 0 Å². The van der Waals surface area contributed by atoms with Crippen molar-refractivity contribution in [2.75, 3.05) is 0 Å². The summed E-state index contributed by atoms with van der Waals surface area (Å²) in [5.74, 6) is 0. The third-order valence-corrected chi connectivity index (χ3v) is 0.924. The average molecular weight is 150 g/mol. The molecule has 0 bridgehead atoms. The molecule has 0 fully saturated rings. The van der Waals surface area contributed by atoms with Gasteiger partial charge in [0, 0.05) is 0 Å². The Bertz CT molecular complexity index is 167. The smallest absolute Gasteiger partial charge is 0.282 e. The van der Waals surface area contributed by atoms with E-state index in [9.17, 15) is 8.42 Å². The van der Waals surface area contributed by atoms with Gasteiger partial charge in [0.15, 0.2) is 0 Å². The second kappa shape index (κ2) is 5.53. The molecule has 0 amide bonds. The fourth-order valence-electron chi connectivity index (χ4n) is 0.172. The standard InChI is InChI=1S/C3H6O3S.C2H4/c1-2-3-7(4,5)6;1-2/h2-3H,1H3,(H,4,5,6);1-2H2. The number of hydrogen-bond acceptors (Lipinski definition) is 2. The Balaban J connectivity index is 0. The Kier molecular flexibility index (Phi) is 6.89. The molecular weight excluding hydrogens is 140 g/mol. The summed E-state index contributed by atoms with van der Waals surface area (Å²) in [6.07, 6.45) is 1.25. The summed E-state index contributed by atoms with van der Waals surface area (Å²) < 4.78 is 27.3. The van der Waals surface area contributed by atoms with E-state index in [0.29, 0.717) is 5.41 Å². The van der Waals surface area contributed by atoms with Gasteiger partial charge in [-0.2, -0.15) is 8.42 Å². The monoisotopic (exact) mass is 150 g/mol. The van der Waals surface area contributed by atoms with Gasteiger partial charge in [0.25, 0.3) is 10.1 Å². The average Bonchev–Trinajstić information content (AvgIpc) is 1.69. The van der Waals surface area contributed by atoms with Crippen molar-refractivity contribution in [1.29, 1.82) is 0 Å². The molecule has 0 aliphatic carbocycles. The van der Waals surface area contributed by atoms with Crippen LogP contribution in [0.3, 0.4) is 0 Å². The minimum Gasteiger partial charge on any atom is -0.282 e. The molecule has 0 aliphatic heterocycles. The molecule has 0 unspecified atom stereocenters. The summed E-state index contributed by atoms with van der Waals surface area (Å²) >= 11 is 0. The van der Waals surface area contributed by atoms with Gasteiger partial charge in [0.1, 0.15) is 0 Å². The van der Waals surface area contributed by atoms with Crippen LogP contribution >= 0.6 is 0 Å². The molecule has 0 atom stereocenters. The molecular formula is C5H10O3S. The van der Waals surface area contributed by atoms with E-state index in [1.165, 1.54) is 13.0 Å². The highest BCUT2D eigenvalue weighted by atomic mass is 32.2. The zero-order valence-corrected chi connectivity index (χ0v) is 6.06. The van der Waals surface area contributed by atoms with E-state index >= 15 is 0 Å². The Morgan fingerprint density at radius 2 is 1.78 bits per heavy atom. The first-order valence-corrected chi connectivity index (χ1v) is 3.67. The van der Waals surface area contributed by atoms with Gasteiger partial charge in [-0.3, -0.25) is 4.55 Å². The largest absolute Gasteiger partial charge is 0.287 e. The SMILES string of the molecule is C=C.CC=CS(=O)(=O)O. The van der Waals surface area contributed by atoms with E-state index in [1.54, 1.807) is 0 Å². The summed E-state index contributed by atoms with van der Waals surface area (Å²) in [5.41, 5.74) is 0. The second-order valence-corrected chi connectivity index (χ2v) is 2.29. The van der Waals surface area contributed by atoms with E-state index < -0.39 is 10.1 Å². The van der Waals surface area contributed by atoms with Crippen LogP contribution in [-0.2, 0) is 10.1 Å². The molecule has 0 aromatic rings. The zero-order chi connectivity index (χ0) is 7.91. The molecule has 0 saturated heterocycles. The molecule has 0 aliphatic rings. The van der Waals surface area contributed by atoms with Crippen LogP contribution in [0.2, 0.25) is 0 Å². The van der Waals surface area contributed by atoms with Crippen molar-refractivity contribution in [3.63, 3.8) is 0 Å². The number of hydrogen-bond donors (Lipinski definition) is 1. The molecule has 0 radical (unpaired) electrons. The Labute approximate surface area is 55.5 Å². The molecule has 0 heterocycles. The van der Waals surface area contributed by atoms with Gasteiger partial charge < -0.3 is 0 Å². The van der Waals surface area contributed by atoms with E-state index in [0.717, 1.165) is 0 Å². The number of rotatable bonds is 1. The van der Waals surface area contributed by atoms with Gasteiger partial charge in [0.05, 0.1) is 5.41 Å². The topological polar surface area (TPSA) is 54.4 Å². The van der Waals surface area contributed by atoms with Crippen molar-refractivity contribution in [2.45, 2.75) is 6.92 Å². The lowest BCUT2D eigenvalue weighted by Crippen LogP contribution is -1.87. The van der Waals surface area contributed by atoms with E-state index in [-0.39, 0.29) is 0 Å². The summed E-state index contributed by atoms with van der Waals surface area (Å²) in [4.78, 5) is 0. The van der Waals surface area contributed by atoms with Crippen molar-refractivity contribution >= 4 is 10.1 Å². The molecule has 0 saturated carbocycles. The van der Waals surface area contributed by atoms with E-state index in [4.69, 9.17) is 4.55 Å². The predicted octanol–water partition coefficient (Wildman–Crippen LogP) is 1.21. The van der Waals surface area contributed by atoms with Crippen LogP contribution in [0, 0.1) is 0 Å². The Hall–Kier alpha value is -0.610. The number of allylic oxidation sites excluding steroid dienone is 1. The highest BCUT2D eigenvalue weighted by molar-refractivity contribution is 7.88. The minimum atomic E-state index is -3.85. The van der Waals surface area contributed by atoms with Crippen LogP contribution in [-0.4, -0.2) is 13.0 Å². The van der Waals surface area contributed by atoms with Crippen molar-refractivity contribution in [3.05, 3.63) is 24.6 Å². The molecule has 3 nitrogen and oxygen atoms in total. The summed E-state index contributed by atoms with van der Waals surface area (Å²) in [5, 5.41) is 0.715. The first-order valence-electron chi connectivity index (χ1n) is 2.16. The van der Waals surface area contributed by atoms with Gasteiger partial charge in [-0.05, 0) is 6.92 Å². The van der Waals surface area contributed by atoms with Crippen LogP contribution in [0.15, 0.2) is 24.6 Å². The van der Waals surface area contributed by atoms with Gasteiger partial charge in [-0.25, -0.2) is 0 Å². The molecule has 4 heteroatoms. The van der Waals surface area contributed by atoms with Gasteiger partial charge in [0.2, 0.25) is 0 Å². The van der Waals surface area contributed by atoms with Crippen LogP contribution in [0.4, 0.5) is 0 Å². The van der Waals surface area contributed by atoms with Crippen LogP contribution in [0.5, 0.6) is 0 Å². The lowest BCUT2D eigenvalue weighted by Gasteiger charge is -1.76. The fourth-order valence-corrected chi connectivity index (χ4v) is 0.516. The van der Waals surface area contributed by atoms with Gasteiger partial charge in [-0.15, -0.1) is 13.2 Å². The maximum absolute atomic E-state index is 9.70. The lowest BCUT2D eigenvalue weighted by molar-refractivity contribution is 0.494. The second-order valence-electron chi connectivity index (χ2n) is 0.984. The van der Waals surface area contributed by atoms with Gasteiger partial charge in [-0.1, -0.05) is 6.08 Å². The zero-order valence-electron chi connectivity index (χ0n) is 5.24. The fraction of sp³-hybridized carbons (Fsp3) is 0.200. The van der Waals surface area contributed by atoms with Crippen LogP contribution in [0.25, 0.3) is 0 Å². The maximum Gasteiger partial charge on any atom is 0.287 e. The minimum absolute atomic E-state index is 0.715. The molecule has 0 spiro atoms. The molecule has 1 N–H and O–H groups in total. The highest BCUT2D eigenvalue weighted by Gasteiger charge is 1.90. The predicted molar refractivity (Wildman–Crippen MR) is 37.6 cm³/mol.